The summed E-state index contributed by atoms with van der Waals surface area (Å²) in [6, 6.07) is 13.4. The van der Waals surface area contributed by atoms with E-state index >= 15 is 0 Å². The van der Waals surface area contributed by atoms with Crippen molar-refractivity contribution in [2.45, 2.75) is 32.9 Å². The topological polar surface area (TPSA) is 58.6 Å². The zero-order chi connectivity index (χ0) is 20.1. The van der Waals surface area contributed by atoms with Crippen LogP contribution in [0.2, 0.25) is 0 Å². The van der Waals surface area contributed by atoms with Crippen LogP contribution in [0.25, 0.3) is 0 Å². The van der Waals surface area contributed by atoms with Crippen LogP contribution >= 0.6 is 0 Å². The van der Waals surface area contributed by atoms with Crippen molar-refractivity contribution in [3.63, 3.8) is 0 Å². The minimum Gasteiger partial charge on any atom is -0.489 e. The van der Waals surface area contributed by atoms with Gasteiger partial charge in [-0.1, -0.05) is 18.2 Å². The van der Waals surface area contributed by atoms with Crippen molar-refractivity contribution < 1.29 is 18.7 Å². The fourth-order valence-electron chi connectivity index (χ4n) is 3.26. The molecule has 1 aliphatic rings. The molecule has 1 atom stereocenters. The molecule has 0 saturated carbocycles. The van der Waals surface area contributed by atoms with Gasteiger partial charge in [-0.25, -0.2) is 4.39 Å². The maximum absolute atomic E-state index is 13.6. The normalized spacial score (nSPS) is 16.5. The Morgan fingerprint density at radius 2 is 1.93 bits per heavy atom. The number of ether oxygens (including phenoxy) is 1. The summed E-state index contributed by atoms with van der Waals surface area (Å²) in [4.78, 5) is 26.1. The predicted molar refractivity (Wildman–Crippen MR) is 104 cm³/mol. The summed E-state index contributed by atoms with van der Waals surface area (Å²) in [6.07, 6.45) is 0.473. The third kappa shape index (κ3) is 4.88. The van der Waals surface area contributed by atoms with Gasteiger partial charge in [-0.05, 0) is 44.2 Å². The Hall–Kier alpha value is -2.89. The van der Waals surface area contributed by atoms with Crippen LogP contribution in [0.3, 0.4) is 0 Å². The third-order valence-electron chi connectivity index (χ3n) is 4.88. The van der Waals surface area contributed by atoms with Crippen molar-refractivity contribution in [3.8, 4) is 5.75 Å². The van der Waals surface area contributed by atoms with E-state index in [4.69, 9.17) is 4.74 Å². The third-order valence-corrected chi connectivity index (χ3v) is 4.88. The molecule has 0 spiro atoms. The minimum absolute atomic E-state index is 0.125. The fraction of sp³-hybridized carbons (Fsp3) is 0.364. The molecule has 1 N–H and O–H groups in total. The molecule has 2 aromatic rings. The number of rotatable bonds is 7. The molecule has 1 fully saturated rings. The molecule has 1 saturated heterocycles. The zero-order valence-electron chi connectivity index (χ0n) is 16.2. The Morgan fingerprint density at radius 3 is 2.57 bits per heavy atom. The van der Waals surface area contributed by atoms with E-state index in [0.717, 1.165) is 0 Å². The highest BCUT2D eigenvalue weighted by molar-refractivity contribution is 5.94. The van der Waals surface area contributed by atoms with E-state index in [2.05, 4.69) is 5.32 Å². The number of amides is 2. The quantitative estimate of drug-likeness (QED) is 0.796. The molecule has 0 radical (unpaired) electrons. The van der Waals surface area contributed by atoms with Crippen LogP contribution in [-0.4, -0.2) is 35.8 Å². The van der Waals surface area contributed by atoms with Crippen molar-refractivity contribution >= 4 is 11.8 Å². The molecule has 1 aliphatic heterocycles. The monoisotopic (exact) mass is 384 g/mol. The highest BCUT2D eigenvalue weighted by Crippen LogP contribution is 2.20. The lowest BCUT2D eigenvalue weighted by Gasteiger charge is -2.21. The summed E-state index contributed by atoms with van der Waals surface area (Å²) in [5.74, 6) is 0.359. The number of halogens is 1. The Labute approximate surface area is 164 Å². The van der Waals surface area contributed by atoms with Gasteiger partial charge < -0.3 is 15.0 Å². The van der Waals surface area contributed by atoms with Gasteiger partial charge in [-0.15, -0.1) is 0 Å². The molecule has 3 rings (SSSR count). The molecule has 1 unspecified atom stereocenters. The van der Waals surface area contributed by atoms with Gasteiger partial charge in [0.2, 0.25) is 5.91 Å². The van der Waals surface area contributed by atoms with Gasteiger partial charge >= 0.3 is 0 Å². The predicted octanol–water partition coefficient (Wildman–Crippen LogP) is 3.39. The van der Waals surface area contributed by atoms with Gasteiger partial charge in [-0.2, -0.15) is 0 Å². The number of benzene rings is 2. The molecular formula is C22H25FN2O3. The number of hydrogen-bond donors (Lipinski definition) is 1. The molecule has 2 aromatic carbocycles. The first-order chi connectivity index (χ1) is 13.4. The van der Waals surface area contributed by atoms with Crippen molar-refractivity contribution in [2.24, 2.45) is 5.92 Å². The Balaban J connectivity index is 1.49. The Kier molecular flexibility index (Phi) is 6.29. The highest BCUT2D eigenvalue weighted by atomic mass is 19.1. The molecule has 28 heavy (non-hydrogen) atoms. The summed E-state index contributed by atoms with van der Waals surface area (Å²) in [5.41, 5.74) is 0.995. The molecule has 0 aliphatic carbocycles. The summed E-state index contributed by atoms with van der Waals surface area (Å²) < 4.78 is 19.2. The average molecular weight is 384 g/mol. The largest absolute Gasteiger partial charge is 0.489 e. The number of carbonyl (C=O) groups excluding carboxylic acids is 2. The van der Waals surface area contributed by atoms with Gasteiger partial charge in [0, 0.05) is 42.6 Å². The van der Waals surface area contributed by atoms with Crippen LogP contribution in [-0.2, 0) is 11.4 Å². The average Bonchev–Trinajstić information content (AvgIpc) is 3.07. The van der Waals surface area contributed by atoms with Crippen LogP contribution in [0.1, 0.15) is 36.2 Å². The maximum Gasteiger partial charge on any atom is 0.251 e. The van der Waals surface area contributed by atoms with E-state index in [1.165, 1.54) is 6.07 Å². The number of carbonyl (C=O) groups is 2. The van der Waals surface area contributed by atoms with E-state index in [-0.39, 0.29) is 36.2 Å². The van der Waals surface area contributed by atoms with Gasteiger partial charge in [0.25, 0.3) is 5.91 Å². The molecule has 1 heterocycles. The standard InChI is InChI=1S/C22H25FN2O3/c1-15(2)25-13-16(11-21(25)26)12-24-22(27)17-7-9-19(10-8-17)28-14-18-5-3-4-6-20(18)23/h3-10,15-16H,11-14H2,1-2H3,(H,24,27). The molecule has 6 heteroatoms. The molecule has 5 nitrogen and oxygen atoms in total. The van der Waals surface area contributed by atoms with Crippen LogP contribution in [0.15, 0.2) is 48.5 Å². The van der Waals surface area contributed by atoms with Crippen molar-refractivity contribution in [1.29, 1.82) is 0 Å². The molecule has 0 aromatic heterocycles. The molecular weight excluding hydrogens is 359 g/mol. The first-order valence-corrected chi connectivity index (χ1v) is 9.48. The second-order valence-electron chi connectivity index (χ2n) is 7.32. The van der Waals surface area contributed by atoms with Crippen molar-refractivity contribution in [1.82, 2.24) is 10.2 Å². The number of hydrogen-bond acceptors (Lipinski definition) is 3. The van der Waals surface area contributed by atoms with Crippen molar-refractivity contribution in [2.75, 3.05) is 13.1 Å². The van der Waals surface area contributed by atoms with E-state index in [1.807, 2.05) is 18.7 Å². The maximum atomic E-state index is 13.6. The smallest absolute Gasteiger partial charge is 0.251 e. The van der Waals surface area contributed by atoms with Gasteiger partial charge in [0.05, 0.1) is 0 Å². The van der Waals surface area contributed by atoms with Gasteiger partial charge in [0.1, 0.15) is 18.2 Å². The second kappa shape index (κ2) is 8.87. The summed E-state index contributed by atoms with van der Waals surface area (Å²) in [5, 5.41) is 2.90. The van der Waals surface area contributed by atoms with Gasteiger partial charge in [-0.3, -0.25) is 9.59 Å². The fourth-order valence-corrected chi connectivity index (χ4v) is 3.26. The second-order valence-corrected chi connectivity index (χ2v) is 7.32. The Morgan fingerprint density at radius 1 is 1.21 bits per heavy atom. The molecule has 0 bridgehead atoms. The van der Waals surface area contributed by atoms with Crippen LogP contribution < -0.4 is 10.1 Å². The molecule has 148 valence electrons. The lowest BCUT2D eigenvalue weighted by Crippen LogP contribution is -2.34. The minimum atomic E-state index is -0.306. The van der Waals surface area contributed by atoms with Crippen LogP contribution in [0.4, 0.5) is 4.39 Å². The van der Waals surface area contributed by atoms with Crippen molar-refractivity contribution in [3.05, 3.63) is 65.5 Å². The summed E-state index contributed by atoms with van der Waals surface area (Å²) in [7, 11) is 0. The first kappa shape index (κ1) is 19.9. The lowest BCUT2D eigenvalue weighted by atomic mass is 10.1. The number of likely N-dealkylation sites (tertiary alicyclic amines) is 1. The van der Waals surface area contributed by atoms with E-state index in [0.29, 0.717) is 36.4 Å². The van der Waals surface area contributed by atoms with Crippen LogP contribution in [0, 0.1) is 11.7 Å². The number of nitrogens with one attached hydrogen (secondary N) is 1. The number of nitrogens with zero attached hydrogens (tertiary/aromatic N) is 1. The highest BCUT2D eigenvalue weighted by Gasteiger charge is 2.31. The van der Waals surface area contributed by atoms with Crippen LogP contribution in [0.5, 0.6) is 5.75 Å². The molecule has 2 amide bonds. The SMILES string of the molecule is CC(C)N1CC(CNC(=O)c2ccc(OCc3ccccc3F)cc2)CC1=O. The summed E-state index contributed by atoms with van der Waals surface area (Å²) in [6.45, 7) is 5.27. The van der Waals surface area contributed by atoms with E-state index in [9.17, 15) is 14.0 Å². The first-order valence-electron chi connectivity index (χ1n) is 9.48. The van der Waals surface area contributed by atoms with E-state index in [1.54, 1.807) is 42.5 Å². The summed E-state index contributed by atoms with van der Waals surface area (Å²) >= 11 is 0. The Bertz CT molecular complexity index is 836. The zero-order valence-corrected chi connectivity index (χ0v) is 16.2. The van der Waals surface area contributed by atoms with Gasteiger partial charge in [0.15, 0.2) is 0 Å². The van der Waals surface area contributed by atoms with E-state index < -0.39 is 0 Å². The lowest BCUT2D eigenvalue weighted by molar-refractivity contribution is -0.129.